The lowest BCUT2D eigenvalue weighted by Gasteiger charge is -1.96. The SMILES string of the molecule is CC(=O)N[n+]1ccccc1C.[I-]. The summed E-state index contributed by atoms with van der Waals surface area (Å²) < 4.78 is 1.68. The summed E-state index contributed by atoms with van der Waals surface area (Å²) in [5.74, 6) is -0.0655. The Labute approximate surface area is 88.8 Å². The summed E-state index contributed by atoms with van der Waals surface area (Å²) in [4.78, 5) is 10.6. The second-order valence-corrected chi connectivity index (χ2v) is 2.38. The van der Waals surface area contributed by atoms with Gasteiger partial charge in [-0.25, -0.2) is 0 Å². The van der Waals surface area contributed by atoms with Crippen molar-refractivity contribution in [1.82, 2.24) is 0 Å². The normalized spacial score (nSPS) is 8.50. The van der Waals surface area contributed by atoms with Gasteiger partial charge >= 0.3 is 0 Å². The zero-order valence-electron chi connectivity index (χ0n) is 7.04. The van der Waals surface area contributed by atoms with Gasteiger partial charge in [0.1, 0.15) is 0 Å². The van der Waals surface area contributed by atoms with Crippen LogP contribution in [0.4, 0.5) is 0 Å². The van der Waals surface area contributed by atoms with Gasteiger partial charge in [0.25, 0.3) is 5.91 Å². The number of hydrogen-bond acceptors (Lipinski definition) is 1. The molecule has 0 spiro atoms. The van der Waals surface area contributed by atoms with Gasteiger partial charge in [-0.1, -0.05) is 4.68 Å². The largest absolute Gasteiger partial charge is 1.00 e. The summed E-state index contributed by atoms with van der Waals surface area (Å²) in [5.41, 5.74) is 3.65. The van der Waals surface area contributed by atoms with Crippen molar-refractivity contribution < 1.29 is 33.4 Å². The van der Waals surface area contributed by atoms with E-state index < -0.39 is 0 Å². The number of amides is 1. The third kappa shape index (κ3) is 3.17. The quantitative estimate of drug-likeness (QED) is 0.443. The van der Waals surface area contributed by atoms with Gasteiger partial charge in [-0.15, -0.1) is 5.43 Å². The average Bonchev–Trinajstić information content (AvgIpc) is 1.93. The number of pyridine rings is 1. The van der Waals surface area contributed by atoms with E-state index >= 15 is 0 Å². The van der Waals surface area contributed by atoms with Crippen LogP contribution in [0, 0.1) is 6.92 Å². The molecular weight excluding hydrogens is 267 g/mol. The highest BCUT2D eigenvalue weighted by Crippen LogP contribution is 1.84. The number of hydrogen-bond donors (Lipinski definition) is 1. The Morgan fingerprint density at radius 3 is 2.67 bits per heavy atom. The zero-order valence-corrected chi connectivity index (χ0v) is 9.20. The number of carbonyl (C=O) groups is 1. The summed E-state index contributed by atoms with van der Waals surface area (Å²) in [7, 11) is 0. The second-order valence-electron chi connectivity index (χ2n) is 2.38. The summed E-state index contributed by atoms with van der Waals surface area (Å²) in [5, 5.41) is 0. The van der Waals surface area contributed by atoms with Gasteiger partial charge in [-0.05, 0) is 6.07 Å². The van der Waals surface area contributed by atoms with Gasteiger partial charge in [0.15, 0.2) is 6.20 Å². The maximum absolute atomic E-state index is 10.6. The van der Waals surface area contributed by atoms with Crippen LogP contribution in [0.2, 0.25) is 0 Å². The monoisotopic (exact) mass is 278 g/mol. The van der Waals surface area contributed by atoms with E-state index in [2.05, 4.69) is 5.43 Å². The fraction of sp³-hybridized carbons (Fsp3) is 0.250. The Bertz CT molecular complexity index is 276. The lowest BCUT2D eigenvalue weighted by molar-refractivity contribution is -0.648. The molecule has 0 bridgehead atoms. The van der Waals surface area contributed by atoms with E-state index in [1.807, 2.05) is 25.1 Å². The van der Waals surface area contributed by atoms with Gasteiger partial charge in [0, 0.05) is 26.0 Å². The molecule has 1 aromatic rings. The molecule has 12 heavy (non-hydrogen) atoms. The van der Waals surface area contributed by atoms with Crippen molar-refractivity contribution in [2.75, 3.05) is 5.43 Å². The van der Waals surface area contributed by atoms with Crippen LogP contribution in [0.25, 0.3) is 0 Å². The van der Waals surface area contributed by atoms with Crippen LogP contribution in [0.1, 0.15) is 12.6 Å². The Morgan fingerprint density at radius 1 is 1.50 bits per heavy atom. The molecule has 3 nitrogen and oxygen atoms in total. The Hall–Kier alpha value is -0.650. The summed E-state index contributed by atoms with van der Waals surface area (Å²) in [6.07, 6.45) is 1.80. The van der Waals surface area contributed by atoms with Crippen molar-refractivity contribution in [3.63, 3.8) is 0 Å². The van der Waals surface area contributed by atoms with Gasteiger partial charge in [-0.2, -0.15) is 0 Å². The van der Waals surface area contributed by atoms with Crippen molar-refractivity contribution in [2.45, 2.75) is 13.8 Å². The average molecular weight is 278 g/mol. The molecule has 0 aromatic carbocycles. The van der Waals surface area contributed by atoms with Gasteiger partial charge < -0.3 is 24.0 Å². The van der Waals surface area contributed by atoms with Crippen LogP contribution >= 0.6 is 0 Å². The van der Waals surface area contributed by atoms with Gasteiger partial charge in [0.05, 0.1) is 0 Å². The van der Waals surface area contributed by atoms with Crippen molar-refractivity contribution in [1.29, 1.82) is 0 Å². The molecular formula is C8H11IN2O. The fourth-order valence-electron chi connectivity index (χ4n) is 0.824. The first-order valence-corrected chi connectivity index (χ1v) is 3.45. The summed E-state index contributed by atoms with van der Waals surface area (Å²) in [6, 6.07) is 5.71. The molecule has 0 fully saturated rings. The van der Waals surface area contributed by atoms with Crippen LogP contribution in [0.5, 0.6) is 0 Å². The standard InChI is InChI=1S/C8H10N2O.HI/c1-7-5-3-4-6-10(7)9-8(2)11;/h3-6H,1-2H3;1H. The predicted molar refractivity (Wildman–Crippen MR) is 41.4 cm³/mol. The van der Waals surface area contributed by atoms with Crippen molar-refractivity contribution >= 4 is 5.91 Å². The zero-order chi connectivity index (χ0) is 8.27. The molecule has 1 N–H and O–H groups in total. The van der Waals surface area contributed by atoms with E-state index in [1.165, 1.54) is 6.92 Å². The number of aromatic nitrogens is 1. The molecule has 1 heterocycles. The van der Waals surface area contributed by atoms with Crippen LogP contribution in [-0.4, -0.2) is 5.91 Å². The number of halogens is 1. The number of rotatable bonds is 1. The maximum Gasteiger partial charge on any atom is 0.271 e. The first kappa shape index (κ1) is 11.4. The molecule has 0 saturated carbocycles. The summed E-state index contributed by atoms with van der Waals surface area (Å²) in [6.45, 7) is 3.41. The van der Waals surface area contributed by atoms with Crippen LogP contribution in [0.3, 0.4) is 0 Å². The highest BCUT2D eigenvalue weighted by Gasteiger charge is 2.04. The van der Waals surface area contributed by atoms with Gasteiger partial charge in [-0.3, -0.25) is 4.79 Å². The number of carbonyl (C=O) groups excluding carboxylic acids is 1. The van der Waals surface area contributed by atoms with E-state index in [-0.39, 0.29) is 29.9 Å². The molecule has 0 unspecified atom stereocenters. The Morgan fingerprint density at radius 2 is 2.17 bits per heavy atom. The number of nitrogens with zero attached hydrogens (tertiary/aromatic N) is 1. The summed E-state index contributed by atoms with van der Waals surface area (Å²) >= 11 is 0. The van der Waals surface area contributed by atoms with Crippen LogP contribution in [-0.2, 0) is 4.79 Å². The predicted octanol–water partition coefficient (Wildman–Crippen LogP) is -2.62. The minimum Gasteiger partial charge on any atom is -1.00 e. The molecule has 1 rings (SSSR count). The third-order valence-electron chi connectivity index (χ3n) is 1.34. The Kier molecular flexibility index (Phi) is 4.80. The molecule has 0 aliphatic rings. The molecule has 0 aliphatic carbocycles. The molecule has 0 aliphatic heterocycles. The van der Waals surface area contributed by atoms with Crippen LogP contribution < -0.4 is 34.1 Å². The minimum absolute atomic E-state index is 0. The van der Waals surface area contributed by atoms with Crippen molar-refractivity contribution in [3.8, 4) is 0 Å². The fourth-order valence-corrected chi connectivity index (χ4v) is 0.824. The van der Waals surface area contributed by atoms with E-state index in [9.17, 15) is 4.79 Å². The number of aryl methyl sites for hydroxylation is 1. The highest BCUT2D eigenvalue weighted by atomic mass is 127. The molecule has 66 valence electrons. The van der Waals surface area contributed by atoms with Crippen molar-refractivity contribution in [3.05, 3.63) is 30.1 Å². The molecule has 1 aromatic heterocycles. The topological polar surface area (TPSA) is 33.0 Å². The second kappa shape index (κ2) is 5.08. The van der Waals surface area contributed by atoms with Crippen molar-refractivity contribution in [2.24, 2.45) is 0 Å². The van der Waals surface area contributed by atoms with E-state index in [0.717, 1.165) is 5.69 Å². The minimum atomic E-state index is -0.0655. The van der Waals surface area contributed by atoms with E-state index in [0.29, 0.717) is 0 Å². The first-order valence-electron chi connectivity index (χ1n) is 3.45. The van der Waals surface area contributed by atoms with E-state index in [1.54, 1.807) is 10.9 Å². The molecule has 4 heteroatoms. The first-order chi connectivity index (χ1) is 5.20. The van der Waals surface area contributed by atoms with Gasteiger partial charge in [0.2, 0.25) is 5.69 Å². The number of nitrogens with one attached hydrogen (secondary N) is 1. The Balaban J connectivity index is 0.00000121. The molecule has 0 atom stereocenters. The smallest absolute Gasteiger partial charge is 0.271 e. The molecule has 1 amide bonds. The maximum atomic E-state index is 10.6. The molecule has 0 saturated heterocycles. The lowest BCUT2D eigenvalue weighted by Crippen LogP contribution is -3.00. The highest BCUT2D eigenvalue weighted by molar-refractivity contribution is 5.79. The lowest BCUT2D eigenvalue weighted by atomic mass is 10.4. The van der Waals surface area contributed by atoms with Crippen LogP contribution in [0.15, 0.2) is 24.4 Å². The van der Waals surface area contributed by atoms with E-state index in [4.69, 9.17) is 0 Å². The third-order valence-corrected chi connectivity index (χ3v) is 1.34. The molecule has 0 radical (unpaired) electrons.